The van der Waals surface area contributed by atoms with Gasteiger partial charge in [0.15, 0.2) is 0 Å². The van der Waals surface area contributed by atoms with Crippen LogP contribution in [-0.4, -0.2) is 40.6 Å². The summed E-state index contributed by atoms with van der Waals surface area (Å²) < 4.78 is 5.55. The van der Waals surface area contributed by atoms with Crippen molar-refractivity contribution in [2.45, 2.75) is 13.0 Å². The van der Waals surface area contributed by atoms with Gasteiger partial charge in [0.05, 0.1) is 18.3 Å². The summed E-state index contributed by atoms with van der Waals surface area (Å²) in [6.07, 6.45) is 2.78. The van der Waals surface area contributed by atoms with Crippen molar-refractivity contribution in [3.8, 4) is 17.0 Å². The predicted octanol–water partition coefficient (Wildman–Crippen LogP) is 4.43. The third-order valence-corrected chi connectivity index (χ3v) is 5.46. The number of pyridine rings is 1. The van der Waals surface area contributed by atoms with Crippen molar-refractivity contribution < 1.29 is 4.74 Å². The molecule has 2 aromatic carbocycles. The minimum Gasteiger partial charge on any atom is -0.480 e. The Balaban J connectivity index is 1.56. The van der Waals surface area contributed by atoms with Crippen molar-refractivity contribution in [1.82, 2.24) is 19.9 Å². The van der Waals surface area contributed by atoms with Gasteiger partial charge >= 0.3 is 0 Å². The fourth-order valence-corrected chi connectivity index (χ4v) is 3.93. The molecule has 1 aliphatic heterocycles. The normalized spacial score (nSPS) is 13.8. The average Bonchev–Trinajstić information content (AvgIpc) is 2.78. The van der Waals surface area contributed by atoms with E-state index in [0.29, 0.717) is 11.8 Å². The van der Waals surface area contributed by atoms with Gasteiger partial charge in [0, 0.05) is 36.7 Å². The monoisotopic (exact) mass is 397 g/mol. The summed E-state index contributed by atoms with van der Waals surface area (Å²) in [4.78, 5) is 16.4. The SMILES string of the molecule is COc1nc2c(cc1Nc1ncc3cccc(-c4ccccc4)c3n1)CN(C)CC2. The Hall–Kier alpha value is -3.51. The Labute approximate surface area is 175 Å². The summed E-state index contributed by atoms with van der Waals surface area (Å²) in [6.45, 7) is 1.88. The minimum absolute atomic E-state index is 0.523. The van der Waals surface area contributed by atoms with Crippen LogP contribution in [0, 0.1) is 0 Å². The van der Waals surface area contributed by atoms with Gasteiger partial charge in [-0.15, -0.1) is 0 Å². The number of likely N-dealkylation sites (N-methyl/N-ethyl adjacent to an activating group) is 1. The number of fused-ring (bicyclic) bond motifs is 2. The fraction of sp³-hybridized carbons (Fsp3) is 0.208. The van der Waals surface area contributed by atoms with E-state index >= 15 is 0 Å². The van der Waals surface area contributed by atoms with E-state index in [1.807, 2.05) is 36.5 Å². The third-order valence-electron chi connectivity index (χ3n) is 5.46. The summed E-state index contributed by atoms with van der Waals surface area (Å²) in [7, 11) is 3.77. The molecule has 0 bridgehead atoms. The number of para-hydroxylation sites is 1. The lowest BCUT2D eigenvalue weighted by Crippen LogP contribution is -2.27. The van der Waals surface area contributed by atoms with Gasteiger partial charge in [-0.2, -0.15) is 0 Å². The molecule has 0 saturated carbocycles. The average molecular weight is 397 g/mol. The van der Waals surface area contributed by atoms with Crippen LogP contribution in [0.4, 0.5) is 11.6 Å². The predicted molar refractivity (Wildman–Crippen MR) is 119 cm³/mol. The molecule has 4 aromatic rings. The van der Waals surface area contributed by atoms with Gasteiger partial charge in [0.25, 0.3) is 0 Å². The minimum atomic E-state index is 0.523. The largest absolute Gasteiger partial charge is 0.480 e. The van der Waals surface area contributed by atoms with Crippen molar-refractivity contribution in [2.24, 2.45) is 0 Å². The van der Waals surface area contributed by atoms with Gasteiger partial charge in [-0.1, -0.05) is 48.5 Å². The molecule has 1 aliphatic rings. The maximum atomic E-state index is 5.55. The molecule has 5 rings (SSSR count). The van der Waals surface area contributed by atoms with E-state index in [0.717, 1.165) is 52.9 Å². The van der Waals surface area contributed by atoms with Crippen molar-refractivity contribution in [2.75, 3.05) is 26.0 Å². The highest BCUT2D eigenvalue weighted by Crippen LogP contribution is 2.31. The smallest absolute Gasteiger partial charge is 0.237 e. The molecule has 1 N–H and O–H groups in total. The van der Waals surface area contributed by atoms with E-state index in [9.17, 15) is 0 Å². The zero-order chi connectivity index (χ0) is 20.5. The Morgan fingerprint density at radius 3 is 2.73 bits per heavy atom. The fourth-order valence-electron chi connectivity index (χ4n) is 3.93. The van der Waals surface area contributed by atoms with Crippen LogP contribution in [0.25, 0.3) is 22.0 Å². The van der Waals surface area contributed by atoms with Gasteiger partial charge < -0.3 is 15.0 Å². The molecule has 0 fully saturated rings. The zero-order valence-electron chi connectivity index (χ0n) is 17.1. The Bertz CT molecular complexity index is 1210. The number of methoxy groups -OCH3 is 1. The van der Waals surface area contributed by atoms with E-state index in [-0.39, 0.29) is 0 Å². The van der Waals surface area contributed by atoms with Gasteiger partial charge in [-0.3, -0.25) is 0 Å². The van der Waals surface area contributed by atoms with Crippen LogP contribution in [0.3, 0.4) is 0 Å². The van der Waals surface area contributed by atoms with E-state index < -0.39 is 0 Å². The lowest BCUT2D eigenvalue weighted by atomic mass is 10.0. The summed E-state index contributed by atoms with van der Waals surface area (Å²) in [6, 6.07) is 18.5. The van der Waals surface area contributed by atoms with Crippen molar-refractivity contribution in [3.63, 3.8) is 0 Å². The molecule has 0 spiro atoms. The molecule has 2 aromatic heterocycles. The molecule has 0 atom stereocenters. The van der Waals surface area contributed by atoms with Crippen molar-refractivity contribution in [1.29, 1.82) is 0 Å². The highest BCUT2D eigenvalue weighted by atomic mass is 16.5. The van der Waals surface area contributed by atoms with Crippen LogP contribution in [0.15, 0.2) is 60.8 Å². The summed E-state index contributed by atoms with van der Waals surface area (Å²) in [5.74, 6) is 1.09. The standard InChI is InChI=1S/C24H23N5O/c1-29-12-11-20-18(15-29)13-21(23(26-20)30-2)27-24-25-14-17-9-6-10-19(22(17)28-24)16-7-4-3-5-8-16/h3-10,13-14H,11-12,15H2,1-2H3,(H,25,27,28). The first kappa shape index (κ1) is 18.5. The van der Waals surface area contributed by atoms with Crippen LogP contribution in [0.5, 0.6) is 5.88 Å². The number of nitrogens with zero attached hydrogens (tertiary/aromatic N) is 4. The summed E-state index contributed by atoms with van der Waals surface area (Å²) in [5, 5.41) is 4.33. The van der Waals surface area contributed by atoms with Crippen LogP contribution < -0.4 is 10.1 Å². The van der Waals surface area contributed by atoms with E-state index in [1.54, 1.807) is 7.11 Å². The molecule has 0 amide bonds. The highest BCUT2D eigenvalue weighted by Gasteiger charge is 2.19. The topological polar surface area (TPSA) is 63.2 Å². The molecule has 150 valence electrons. The number of nitrogens with one attached hydrogen (secondary N) is 1. The molecule has 0 aliphatic carbocycles. The van der Waals surface area contributed by atoms with Gasteiger partial charge in [-0.05, 0) is 24.2 Å². The first-order valence-corrected chi connectivity index (χ1v) is 10.0. The molecule has 6 heteroatoms. The quantitative estimate of drug-likeness (QED) is 0.550. The molecule has 30 heavy (non-hydrogen) atoms. The lowest BCUT2D eigenvalue weighted by molar-refractivity contribution is 0.307. The van der Waals surface area contributed by atoms with Crippen LogP contribution in [0.1, 0.15) is 11.3 Å². The molecular weight excluding hydrogens is 374 g/mol. The van der Waals surface area contributed by atoms with Crippen LogP contribution >= 0.6 is 0 Å². The lowest BCUT2D eigenvalue weighted by Gasteiger charge is -2.25. The third kappa shape index (κ3) is 3.46. The van der Waals surface area contributed by atoms with Crippen molar-refractivity contribution in [3.05, 3.63) is 72.1 Å². The van der Waals surface area contributed by atoms with E-state index in [1.165, 1.54) is 5.56 Å². The van der Waals surface area contributed by atoms with Crippen molar-refractivity contribution >= 4 is 22.5 Å². The van der Waals surface area contributed by atoms with E-state index in [4.69, 9.17) is 14.7 Å². The second kappa shape index (κ2) is 7.72. The van der Waals surface area contributed by atoms with Gasteiger partial charge in [0.1, 0.15) is 5.69 Å². The van der Waals surface area contributed by atoms with Gasteiger partial charge in [0.2, 0.25) is 11.8 Å². The zero-order valence-corrected chi connectivity index (χ0v) is 17.1. The molecule has 6 nitrogen and oxygen atoms in total. The second-order valence-corrected chi connectivity index (χ2v) is 7.57. The number of rotatable bonds is 4. The van der Waals surface area contributed by atoms with E-state index in [2.05, 4.69) is 46.5 Å². The van der Waals surface area contributed by atoms with Crippen LogP contribution in [-0.2, 0) is 13.0 Å². The Morgan fingerprint density at radius 1 is 1.03 bits per heavy atom. The molecule has 0 radical (unpaired) electrons. The molecule has 3 heterocycles. The Morgan fingerprint density at radius 2 is 1.90 bits per heavy atom. The molecular formula is C24H23N5O. The number of anilines is 2. The maximum absolute atomic E-state index is 5.55. The number of aromatic nitrogens is 3. The number of benzene rings is 2. The first-order chi connectivity index (χ1) is 14.7. The number of hydrogen-bond acceptors (Lipinski definition) is 6. The Kier molecular flexibility index (Phi) is 4.77. The second-order valence-electron chi connectivity index (χ2n) is 7.57. The summed E-state index contributed by atoms with van der Waals surface area (Å²) >= 11 is 0. The first-order valence-electron chi connectivity index (χ1n) is 10.0. The number of ether oxygens (including phenoxy) is 1. The number of hydrogen-bond donors (Lipinski definition) is 1. The summed E-state index contributed by atoms with van der Waals surface area (Å²) in [5.41, 5.74) is 6.20. The molecule has 0 saturated heterocycles. The van der Waals surface area contributed by atoms with Crippen LogP contribution in [0.2, 0.25) is 0 Å². The van der Waals surface area contributed by atoms with Gasteiger partial charge in [-0.25, -0.2) is 15.0 Å². The maximum Gasteiger partial charge on any atom is 0.237 e. The highest BCUT2D eigenvalue weighted by molar-refractivity contribution is 5.93. The molecule has 0 unspecified atom stereocenters.